The van der Waals surface area contributed by atoms with Crippen molar-refractivity contribution in [2.45, 2.75) is 52.7 Å². The van der Waals surface area contributed by atoms with E-state index in [1.54, 1.807) is 7.11 Å². The zero-order valence-corrected chi connectivity index (χ0v) is 13.8. The van der Waals surface area contributed by atoms with Crippen LogP contribution in [-0.4, -0.2) is 19.8 Å². The summed E-state index contributed by atoms with van der Waals surface area (Å²) < 4.78 is 11.9. The van der Waals surface area contributed by atoms with Gasteiger partial charge in [-0.2, -0.15) is 0 Å². The van der Waals surface area contributed by atoms with Crippen LogP contribution in [0.3, 0.4) is 0 Å². The zero-order chi connectivity index (χ0) is 15.2. The second kappa shape index (κ2) is 7.69. The van der Waals surface area contributed by atoms with Crippen molar-refractivity contribution in [2.24, 2.45) is 11.8 Å². The number of benzene rings is 1. The van der Waals surface area contributed by atoms with Crippen LogP contribution >= 0.6 is 0 Å². The first-order valence-electron chi connectivity index (χ1n) is 8.19. The maximum Gasteiger partial charge on any atom is 0.166 e. The lowest BCUT2D eigenvalue weighted by Gasteiger charge is -2.33. The molecule has 3 unspecified atom stereocenters. The van der Waals surface area contributed by atoms with E-state index >= 15 is 0 Å². The van der Waals surface area contributed by atoms with Gasteiger partial charge in [-0.1, -0.05) is 32.9 Å². The Kier molecular flexibility index (Phi) is 5.92. The highest BCUT2D eigenvalue weighted by molar-refractivity contribution is 5.46. The van der Waals surface area contributed by atoms with E-state index < -0.39 is 0 Å². The van der Waals surface area contributed by atoms with Gasteiger partial charge in [-0.05, 0) is 43.7 Å². The Morgan fingerprint density at radius 2 is 2.00 bits per heavy atom. The summed E-state index contributed by atoms with van der Waals surface area (Å²) in [5.41, 5.74) is 1.18. The number of ether oxygens (including phenoxy) is 2. The van der Waals surface area contributed by atoms with Gasteiger partial charge < -0.3 is 14.8 Å². The van der Waals surface area contributed by atoms with E-state index in [-0.39, 0.29) is 0 Å². The number of nitrogens with one attached hydrogen (secondary N) is 1. The fraction of sp³-hybridized carbons (Fsp3) is 0.667. The van der Waals surface area contributed by atoms with Crippen molar-refractivity contribution in [3.8, 4) is 11.5 Å². The molecule has 3 nitrogen and oxygen atoms in total. The summed E-state index contributed by atoms with van der Waals surface area (Å²) in [4.78, 5) is 0. The molecule has 0 heterocycles. The van der Waals surface area contributed by atoms with Gasteiger partial charge in [0, 0.05) is 12.1 Å². The predicted octanol–water partition coefficient (Wildman–Crippen LogP) is 4.01. The molecule has 1 N–H and O–H groups in total. The number of rotatable bonds is 6. The third kappa shape index (κ3) is 4.13. The van der Waals surface area contributed by atoms with Crippen molar-refractivity contribution in [2.75, 3.05) is 13.7 Å². The normalized spacial score (nSPS) is 25.6. The lowest BCUT2D eigenvalue weighted by molar-refractivity contribution is 0.0966. The van der Waals surface area contributed by atoms with E-state index in [9.17, 15) is 0 Å². The fourth-order valence-electron chi connectivity index (χ4n) is 3.03. The SMILES string of the molecule is CCNCc1cccc(OC)c1OC1CCC(C)C(C)C1. The molecule has 1 aliphatic carbocycles. The summed E-state index contributed by atoms with van der Waals surface area (Å²) in [6.07, 6.45) is 3.85. The summed E-state index contributed by atoms with van der Waals surface area (Å²) >= 11 is 0. The molecule has 1 aromatic rings. The first-order valence-corrected chi connectivity index (χ1v) is 8.19. The molecule has 0 radical (unpaired) electrons. The molecule has 0 amide bonds. The molecule has 118 valence electrons. The van der Waals surface area contributed by atoms with Gasteiger partial charge in [0.15, 0.2) is 11.5 Å². The first kappa shape index (κ1) is 16.2. The Labute approximate surface area is 129 Å². The molecule has 1 aromatic carbocycles. The third-order valence-electron chi connectivity index (χ3n) is 4.68. The molecular formula is C18H29NO2. The molecule has 0 bridgehead atoms. The second-order valence-corrected chi connectivity index (χ2v) is 6.24. The summed E-state index contributed by atoms with van der Waals surface area (Å²) in [5.74, 6) is 3.31. The molecule has 21 heavy (non-hydrogen) atoms. The van der Waals surface area contributed by atoms with Gasteiger partial charge in [0.2, 0.25) is 0 Å². The van der Waals surface area contributed by atoms with Crippen LogP contribution in [0.4, 0.5) is 0 Å². The van der Waals surface area contributed by atoms with E-state index in [1.165, 1.54) is 12.0 Å². The minimum Gasteiger partial charge on any atom is -0.493 e. The van der Waals surface area contributed by atoms with Gasteiger partial charge in [-0.25, -0.2) is 0 Å². The minimum absolute atomic E-state index is 0.313. The van der Waals surface area contributed by atoms with Crippen molar-refractivity contribution in [3.63, 3.8) is 0 Å². The Balaban J connectivity index is 2.13. The van der Waals surface area contributed by atoms with Gasteiger partial charge in [-0.3, -0.25) is 0 Å². The van der Waals surface area contributed by atoms with Crippen LogP contribution in [0, 0.1) is 11.8 Å². The van der Waals surface area contributed by atoms with Crippen LogP contribution < -0.4 is 14.8 Å². The Morgan fingerprint density at radius 1 is 1.19 bits per heavy atom. The fourth-order valence-corrected chi connectivity index (χ4v) is 3.03. The predicted molar refractivity (Wildman–Crippen MR) is 87.0 cm³/mol. The summed E-state index contributed by atoms with van der Waals surface area (Å²) in [7, 11) is 1.71. The third-order valence-corrected chi connectivity index (χ3v) is 4.68. The van der Waals surface area contributed by atoms with Crippen LogP contribution in [0.25, 0.3) is 0 Å². The van der Waals surface area contributed by atoms with Gasteiger partial charge in [0.1, 0.15) is 0 Å². The highest BCUT2D eigenvalue weighted by atomic mass is 16.5. The van der Waals surface area contributed by atoms with Crippen molar-refractivity contribution in [3.05, 3.63) is 23.8 Å². The quantitative estimate of drug-likeness (QED) is 0.859. The smallest absolute Gasteiger partial charge is 0.166 e. The van der Waals surface area contributed by atoms with Crippen LogP contribution in [0.15, 0.2) is 18.2 Å². The topological polar surface area (TPSA) is 30.5 Å². The molecule has 1 aliphatic rings. The molecular weight excluding hydrogens is 262 g/mol. The monoisotopic (exact) mass is 291 g/mol. The maximum atomic E-state index is 6.36. The van der Waals surface area contributed by atoms with Gasteiger partial charge in [0.05, 0.1) is 13.2 Å². The molecule has 1 fully saturated rings. The van der Waals surface area contributed by atoms with Gasteiger partial charge in [-0.15, -0.1) is 0 Å². The van der Waals surface area contributed by atoms with Crippen LogP contribution in [0.5, 0.6) is 11.5 Å². The van der Waals surface area contributed by atoms with E-state index in [0.717, 1.165) is 49.3 Å². The van der Waals surface area contributed by atoms with Crippen LogP contribution in [-0.2, 0) is 6.54 Å². The molecule has 3 atom stereocenters. The van der Waals surface area contributed by atoms with Crippen molar-refractivity contribution < 1.29 is 9.47 Å². The maximum absolute atomic E-state index is 6.36. The molecule has 0 aromatic heterocycles. The van der Waals surface area contributed by atoms with Crippen LogP contribution in [0.2, 0.25) is 0 Å². The summed E-state index contributed by atoms with van der Waals surface area (Å²) in [5, 5.41) is 3.37. The molecule has 0 aliphatic heterocycles. The molecule has 0 saturated heterocycles. The second-order valence-electron chi connectivity index (χ2n) is 6.24. The Bertz CT molecular complexity index is 447. The number of para-hydroxylation sites is 1. The highest BCUT2D eigenvalue weighted by Crippen LogP contribution is 2.36. The summed E-state index contributed by atoms with van der Waals surface area (Å²) in [6.45, 7) is 8.57. The lowest BCUT2D eigenvalue weighted by Crippen LogP contribution is -2.29. The van der Waals surface area contributed by atoms with Crippen molar-refractivity contribution in [1.29, 1.82) is 0 Å². The molecule has 1 saturated carbocycles. The first-order chi connectivity index (χ1) is 10.2. The largest absolute Gasteiger partial charge is 0.493 e. The molecule has 2 rings (SSSR count). The number of hydrogen-bond donors (Lipinski definition) is 1. The lowest BCUT2D eigenvalue weighted by atomic mass is 9.80. The Hall–Kier alpha value is -1.22. The summed E-state index contributed by atoms with van der Waals surface area (Å²) in [6, 6.07) is 6.14. The van der Waals surface area contributed by atoms with Gasteiger partial charge >= 0.3 is 0 Å². The van der Waals surface area contributed by atoms with Crippen molar-refractivity contribution in [1.82, 2.24) is 5.32 Å². The van der Waals surface area contributed by atoms with Gasteiger partial charge in [0.25, 0.3) is 0 Å². The zero-order valence-electron chi connectivity index (χ0n) is 13.8. The molecule has 3 heteroatoms. The average molecular weight is 291 g/mol. The standard InChI is InChI=1S/C18H29NO2/c1-5-19-12-15-7-6-8-17(20-4)18(15)21-16-10-9-13(2)14(3)11-16/h6-8,13-14,16,19H,5,9-12H2,1-4H3. The number of hydrogen-bond acceptors (Lipinski definition) is 3. The van der Waals surface area contributed by atoms with Crippen LogP contribution in [0.1, 0.15) is 45.6 Å². The van der Waals surface area contributed by atoms with E-state index in [4.69, 9.17) is 9.47 Å². The minimum atomic E-state index is 0.313. The Morgan fingerprint density at radius 3 is 2.67 bits per heavy atom. The van der Waals surface area contributed by atoms with E-state index in [0.29, 0.717) is 6.10 Å². The average Bonchev–Trinajstić information content (AvgIpc) is 2.49. The molecule has 0 spiro atoms. The van der Waals surface area contributed by atoms with E-state index in [2.05, 4.69) is 32.2 Å². The van der Waals surface area contributed by atoms with E-state index in [1.807, 2.05) is 12.1 Å². The van der Waals surface area contributed by atoms with Crippen molar-refractivity contribution >= 4 is 0 Å². The highest BCUT2D eigenvalue weighted by Gasteiger charge is 2.27. The number of methoxy groups -OCH3 is 1.